The van der Waals surface area contributed by atoms with Gasteiger partial charge in [-0.25, -0.2) is 0 Å². The highest BCUT2D eigenvalue weighted by Gasteiger charge is 2.26. The molecular weight excluding hydrogens is 252 g/mol. The van der Waals surface area contributed by atoms with Gasteiger partial charge in [0, 0.05) is 30.2 Å². The molecule has 3 heteroatoms. The van der Waals surface area contributed by atoms with E-state index >= 15 is 0 Å². The SMILES string of the molecule is C=C(Br)CN(CC1CC1)CC1CCCN1. The van der Waals surface area contributed by atoms with Crippen molar-refractivity contribution in [3.8, 4) is 0 Å². The van der Waals surface area contributed by atoms with E-state index in [9.17, 15) is 0 Å². The van der Waals surface area contributed by atoms with Gasteiger partial charge in [-0.15, -0.1) is 0 Å². The van der Waals surface area contributed by atoms with Crippen LogP contribution in [-0.4, -0.2) is 37.1 Å². The minimum absolute atomic E-state index is 0.718. The largest absolute Gasteiger partial charge is 0.313 e. The average Bonchev–Trinajstić information content (AvgIpc) is 2.80. The summed E-state index contributed by atoms with van der Waals surface area (Å²) in [6.45, 7) is 8.63. The van der Waals surface area contributed by atoms with Crippen molar-refractivity contribution in [1.82, 2.24) is 10.2 Å². The highest BCUT2D eigenvalue weighted by atomic mass is 79.9. The minimum atomic E-state index is 0.718. The van der Waals surface area contributed by atoms with Gasteiger partial charge in [0.2, 0.25) is 0 Å². The van der Waals surface area contributed by atoms with Gasteiger partial charge < -0.3 is 5.32 Å². The highest BCUT2D eigenvalue weighted by molar-refractivity contribution is 9.11. The van der Waals surface area contributed by atoms with E-state index in [4.69, 9.17) is 0 Å². The molecule has 0 aromatic heterocycles. The highest BCUT2D eigenvalue weighted by Crippen LogP contribution is 2.30. The maximum Gasteiger partial charge on any atom is 0.0294 e. The summed E-state index contributed by atoms with van der Waals surface area (Å²) in [5.41, 5.74) is 0. The Labute approximate surface area is 101 Å². The maximum atomic E-state index is 3.95. The lowest BCUT2D eigenvalue weighted by molar-refractivity contribution is 0.262. The first-order valence-electron chi connectivity index (χ1n) is 6.03. The summed E-state index contributed by atoms with van der Waals surface area (Å²) in [5.74, 6) is 0.971. The summed E-state index contributed by atoms with van der Waals surface area (Å²) in [5, 5.41) is 3.57. The second kappa shape index (κ2) is 5.46. The van der Waals surface area contributed by atoms with Gasteiger partial charge in [0.25, 0.3) is 0 Å². The molecule has 1 unspecified atom stereocenters. The first-order valence-corrected chi connectivity index (χ1v) is 6.82. The second-order valence-corrected chi connectivity index (χ2v) is 6.07. The predicted molar refractivity (Wildman–Crippen MR) is 68.3 cm³/mol. The Morgan fingerprint density at radius 1 is 1.33 bits per heavy atom. The van der Waals surface area contributed by atoms with Gasteiger partial charge in [-0.1, -0.05) is 22.5 Å². The normalized spacial score (nSPS) is 26.1. The number of halogens is 1. The van der Waals surface area contributed by atoms with Gasteiger partial charge in [0.1, 0.15) is 0 Å². The molecule has 0 bridgehead atoms. The molecule has 2 nitrogen and oxygen atoms in total. The van der Waals surface area contributed by atoms with Crippen molar-refractivity contribution in [2.45, 2.75) is 31.7 Å². The van der Waals surface area contributed by atoms with E-state index in [1.807, 2.05) is 0 Å². The van der Waals surface area contributed by atoms with E-state index in [0.717, 1.165) is 23.0 Å². The fraction of sp³-hybridized carbons (Fsp3) is 0.833. The van der Waals surface area contributed by atoms with Crippen molar-refractivity contribution < 1.29 is 0 Å². The summed E-state index contributed by atoms with van der Waals surface area (Å²) in [4.78, 5) is 2.55. The lowest BCUT2D eigenvalue weighted by Gasteiger charge is -2.25. The van der Waals surface area contributed by atoms with Crippen LogP contribution in [0.3, 0.4) is 0 Å². The third-order valence-corrected chi connectivity index (χ3v) is 3.50. The monoisotopic (exact) mass is 272 g/mol. The molecule has 15 heavy (non-hydrogen) atoms. The first kappa shape index (κ1) is 11.6. The average molecular weight is 273 g/mol. The minimum Gasteiger partial charge on any atom is -0.313 e. The summed E-state index contributed by atoms with van der Waals surface area (Å²) in [6.07, 6.45) is 5.56. The molecule has 1 aliphatic heterocycles. The molecule has 1 N–H and O–H groups in total. The topological polar surface area (TPSA) is 15.3 Å². The van der Waals surface area contributed by atoms with Gasteiger partial charge in [0.15, 0.2) is 0 Å². The molecule has 1 saturated heterocycles. The summed E-state index contributed by atoms with van der Waals surface area (Å²) in [6, 6.07) is 0.718. The Balaban J connectivity index is 1.76. The van der Waals surface area contributed by atoms with Crippen LogP contribution in [0.15, 0.2) is 11.1 Å². The Morgan fingerprint density at radius 3 is 2.67 bits per heavy atom. The van der Waals surface area contributed by atoms with Crippen LogP contribution in [0.1, 0.15) is 25.7 Å². The number of nitrogens with one attached hydrogen (secondary N) is 1. The van der Waals surface area contributed by atoms with Crippen LogP contribution < -0.4 is 5.32 Å². The molecule has 1 aliphatic carbocycles. The number of hydrogen-bond donors (Lipinski definition) is 1. The number of rotatable bonds is 6. The van der Waals surface area contributed by atoms with E-state index in [0.29, 0.717) is 0 Å². The fourth-order valence-corrected chi connectivity index (χ4v) is 2.69. The van der Waals surface area contributed by atoms with Crippen molar-refractivity contribution in [3.63, 3.8) is 0 Å². The van der Waals surface area contributed by atoms with Gasteiger partial charge >= 0.3 is 0 Å². The molecule has 0 amide bonds. The van der Waals surface area contributed by atoms with E-state index in [-0.39, 0.29) is 0 Å². The van der Waals surface area contributed by atoms with Crippen LogP contribution >= 0.6 is 15.9 Å². The number of hydrogen-bond acceptors (Lipinski definition) is 2. The van der Waals surface area contributed by atoms with Crippen molar-refractivity contribution in [3.05, 3.63) is 11.1 Å². The Morgan fingerprint density at radius 2 is 2.13 bits per heavy atom. The van der Waals surface area contributed by atoms with E-state index in [1.165, 1.54) is 45.3 Å². The van der Waals surface area contributed by atoms with Crippen LogP contribution in [0.25, 0.3) is 0 Å². The van der Waals surface area contributed by atoms with Crippen LogP contribution in [0.5, 0.6) is 0 Å². The van der Waals surface area contributed by atoms with Gasteiger partial charge in [-0.05, 0) is 38.1 Å². The molecule has 1 heterocycles. The zero-order chi connectivity index (χ0) is 10.7. The molecule has 0 spiro atoms. The zero-order valence-electron chi connectivity index (χ0n) is 9.34. The smallest absolute Gasteiger partial charge is 0.0294 e. The van der Waals surface area contributed by atoms with E-state index in [2.05, 4.69) is 32.7 Å². The molecule has 0 radical (unpaired) electrons. The van der Waals surface area contributed by atoms with Crippen LogP contribution in [0, 0.1) is 5.92 Å². The Hall–Kier alpha value is 0.140. The Bertz CT molecular complexity index is 220. The van der Waals surface area contributed by atoms with Crippen LogP contribution in [0.4, 0.5) is 0 Å². The van der Waals surface area contributed by atoms with Crippen LogP contribution in [0.2, 0.25) is 0 Å². The first-order chi connectivity index (χ1) is 7.24. The molecule has 0 aromatic carbocycles. The van der Waals surface area contributed by atoms with E-state index < -0.39 is 0 Å². The maximum absolute atomic E-state index is 3.95. The molecule has 0 aromatic rings. The third-order valence-electron chi connectivity index (χ3n) is 3.25. The fourth-order valence-electron chi connectivity index (χ4n) is 2.34. The predicted octanol–water partition coefficient (Wildman–Crippen LogP) is 2.36. The molecule has 2 aliphatic rings. The molecule has 2 rings (SSSR count). The lowest BCUT2D eigenvalue weighted by Crippen LogP contribution is -2.39. The third kappa shape index (κ3) is 4.25. The Kier molecular flexibility index (Phi) is 4.23. The molecule has 1 saturated carbocycles. The van der Waals surface area contributed by atoms with Crippen molar-refractivity contribution >= 4 is 15.9 Å². The van der Waals surface area contributed by atoms with Crippen molar-refractivity contribution in [2.75, 3.05) is 26.2 Å². The molecule has 1 atom stereocenters. The summed E-state index contributed by atoms with van der Waals surface area (Å²) < 4.78 is 1.11. The molecule has 2 fully saturated rings. The van der Waals surface area contributed by atoms with Gasteiger partial charge in [-0.2, -0.15) is 0 Å². The van der Waals surface area contributed by atoms with E-state index in [1.54, 1.807) is 0 Å². The van der Waals surface area contributed by atoms with Gasteiger partial charge in [0.05, 0.1) is 0 Å². The second-order valence-electron chi connectivity index (χ2n) is 4.95. The zero-order valence-corrected chi connectivity index (χ0v) is 10.9. The molecular formula is C12H21BrN2. The summed E-state index contributed by atoms with van der Waals surface area (Å²) >= 11 is 3.48. The standard InChI is InChI=1S/C12H21BrN2/c1-10(13)7-15(8-11-4-5-11)9-12-3-2-6-14-12/h11-12,14H,1-9H2. The van der Waals surface area contributed by atoms with Crippen molar-refractivity contribution in [1.29, 1.82) is 0 Å². The quantitative estimate of drug-likeness (QED) is 0.799. The summed E-state index contributed by atoms with van der Waals surface area (Å²) in [7, 11) is 0. The van der Waals surface area contributed by atoms with Crippen LogP contribution in [-0.2, 0) is 0 Å². The van der Waals surface area contributed by atoms with Gasteiger partial charge in [-0.3, -0.25) is 4.90 Å². The van der Waals surface area contributed by atoms with Crippen molar-refractivity contribution in [2.24, 2.45) is 5.92 Å². The molecule has 86 valence electrons. The lowest BCUT2D eigenvalue weighted by atomic mass is 10.2. The number of nitrogens with zero attached hydrogens (tertiary/aromatic N) is 1.